The number of anilines is 1. The van der Waals surface area contributed by atoms with E-state index >= 15 is 0 Å². The lowest BCUT2D eigenvalue weighted by Crippen LogP contribution is -2.18. The fraction of sp³-hybridized carbons (Fsp3) is 0.150. The summed E-state index contributed by atoms with van der Waals surface area (Å²) in [5.41, 5.74) is 4.11. The number of rotatable bonds is 5. The highest BCUT2D eigenvalue weighted by Crippen LogP contribution is 2.22. The molecule has 0 fully saturated rings. The van der Waals surface area contributed by atoms with E-state index in [-0.39, 0.29) is 5.56 Å². The van der Waals surface area contributed by atoms with Crippen LogP contribution in [0.2, 0.25) is 5.02 Å². The van der Waals surface area contributed by atoms with Gasteiger partial charge in [0.15, 0.2) is 5.69 Å². The maximum Gasteiger partial charge on any atom is 0.279 e. The van der Waals surface area contributed by atoms with Gasteiger partial charge in [0.1, 0.15) is 0 Å². The Kier molecular flexibility index (Phi) is 4.64. The number of fused-ring (bicyclic) bond motifs is 1. The third-order valence-corrected chi connectivity index (χ3v) is 4.67. The van der Waals surface area contributed by atoms with Crippen LogP contribution in [0.3, 0.4) is 0 Å². The average Bonchev–Trinajstić information content (AvgIpc) is 3.05. The van der Waals surface area contributed by atoms with Gasteiger partial charge in [0, 0.05) is 34.2 Å². The minimum atomic E-state index is -0.268. The van der Waals surface area contributed by atoms with Gasteiger partial charge in [0.05, 0.1) is 0 Å². The van der Waals surface area contributed by atoms with E-state index in [1.807, 2.05) is 55.6 Å². The topological polar surface area (TPSA) is 86.5 Å². The predicted molar refractivity (Wildman–Crippen MR) is 108 cm³/mol. The van der Waals surface area contributed by atoms with Crippen LogP contribution in [0.4, 0.5) is 5.95 Å². The van der Waals surface area contributed by atoms with Gasteiger partial charge in [0.2, 0.25) is 5.95 Å². The van der Waals surface area contributed by atoms with Crippen molar-refractivity contribution in [3.05, 3.63) is 75.2 Å². The summed E-state index contributed by atoms with van der Waals surface area (Å²) in [6, 6.07) is 13.4. The molecule has 0 amide bonds. The van der Waals surface area contributed by atoms with Crippen LogP contribution in [0, 0.1) is 6.92 Å². The van der Waals surface area contributed by atoms with Gasteiger partial charge in [-0.3, -0.25) is 9.78 Å². The molecular weight excluding hydrogens is 362 g/mol. The van der Waals surface area contributed by atoms with E-state index < -0.39 is 0 Å². The van der Waals surface area contributed by atoms with E-state index in [0.717, 1.165) is 34.0 Å². The fourth-order valence-electron chi connectivity index (χ4n) is 2.99. The van der Waals surface area contributed by atoms with Crippen molar-refractivity contribution in [2.75, 3.05) is 11.9 Å². The van der Waals surface area contributed by atoms with E-state index in [2.05, 4.69) is 25.5 Å². The average molecular weight is 380 g/mol. The molecule has 3 N–H and O–H groups in total. The Balaban J connectivity index is 1.45. The molecule has 0 atom stereocenters. The van der Waals surface area contributed by atoms with Gasteiger partial charge in [-0.2, -0.15) is 0 Å². The van der Waals surface area contributed by atoms with Gasteiger partial charge in [-0.05, 0) is 37.1 Å². The monoisotopic (exact) mass is 379 g/mol. The van der Waals surface area contributed by atoms with Crippen molar-refractivity contribution in [1.29, 1.82) is 0 Å². The molecule has 0 saturated heterocycles. The second kappa shape index (κ2) is 7.25. The van der Waals surface area contributed by atoms with Crippen LogP contribution in [-0.2, 0) is 6.42 Å². The van der Waals surface area contributed by atoms with E-state index in [0.29, 0.717) is 23.2 Å². The molecule has 136 valence electrons. The van der Waals surface area contributed by atoms with Gasteiger partial charge < -0.3 is 10.3 Å². The number of aromatic amines is 2. The summed E-state index contributed by atoms with van der Waals surface area (Å²) in [6.07, 6.45) is 2.72. The number of aryl methyl sites for hydroxylation is 1. The van der Waals surface area contributed by atoms with E-state index in [1.54, 1.807) is 0 Å². The Bertz CT molecular complexity index is 1150. The third kappa shape index (κ3) is 3.71. The van der Waals surface area contributed by atoms with Gasteiger partial charge in [-0.1, -0.05) is 41.4 Å². The van der Waals surface area contributed by atoms with Crippen LogP contribution in [0.5, 0.6) is 0 Å². The molecule has 27 heavy (non-hydrogen) atoms. The molecule has 4 rings (SSSR count). The molecule has 0 bridgehead atoms. The Morgan fingerprint density at radius 3 is 2.70 bits per heavy atom. The number of nitrogens with one attached hydrogen (secondary N) is 3. The van der Waals surface area contributed by atoms with E-state index in [4.69, 9.17) is 11.6 Å². The molecule has 0 aliphatic carbocycles. The van der Waals surface area contributed by atoms with Crippen molar-refractivity contribution in [3.8, 4) is 11.3 Å². The Morgan fingerprint density at radius 2 is 1.93 bits per heavy atom. The summed E-state index contributed by atoms with van der Waals surface area (Å²) in [5, 5.41) is 13.1. The summed E-state index contributed by atoms with van der Waals surface area (Å²) in [5.74, 6) is 0.355. The summed E-state index contributed by atoms with van der Waals surface area (Å²) in [6.45, 7) is 2.60. The standard InChI is InChI=1S/C20H18ClN5O/c1-12-2-4-13(5-3-12)18-19(27)24-20(26-25-18)22-9-8-14-11-23-17-7-6-15(21)10-16(14)17/h2-7,10-11,23H,8-9H2,1H3,(H2,22,24,26,27). The molecule has 0 unspecified atom stereocenters. The normalized spacial score (nSPS) is 11.0. The lowest BCUT2D eigenvalue weighted by molar-refractivity contribution is 0.917. The first kappa shape index (κ1) is 17.3. The second-order valence-corrected chi connectivity index (χ2v) is 6.83. The highest BCUT2D eigenvalue weighted by atomic mass is 35.5. The van der Waals surface area contributed by atoms with Crippen LogP contribution in [-0.4, -0.2) is 26.7 Å². The number of hydrogen-bond donors (Lipinski definition) is 3. The van der Waals surface area contributed by atoms with Crippen LogP contribution in [0.15, 0.2) is 53.5 Å². The van der Waals surface area contributed by atoms with E-state index in [9.17, 15) is 4.79 Å². The molecule has 2 aromatic carbocycles. The van der Waals surface area contributed by atoms with Gasteiger partial charge in [-0.25, -0.2) is 0 Å². The molecule has 0 spiro atoms. The molecule has 4 aromatic rings. The Morgan fingerprint density at radius 1 is 1.11 bits per heavy atom. The largest absolute Gasteiger partial charge is 0.361 e. The van der Waals surface area contributed by atoms with Crippen molar-refractivity contribution < 1.29 is 0 Å². The zero-order valence-electron chi connectivity index (χ0n) is 14.7. The highest BCUT2D eigenvalue weighted by molar-refractivity contribution is 6.31. The number of hydrogen-bond acceptors (Lipinski definition) is 4. The number of nitrogens with zero attached hydrogens (tertiary/aromatic N) is 2. The van der Waals surface area contributed by atoms with Crippen molar-refractivity contribution >= 4 is 28.5 Å². The highest BCUT2D eigenvalue weighted by Gasteiger charge is 2.08. The van der Waals surface area contributed by atoms with Gasteiger partial charge in [0.25, 0.3) is 5.56 Å². The molecule has 0 radical (unpaired) electrons. The maximum atomic E-state index is 12.3. The molecule has 2 heterocycles. The van der Waals surface area contributed by atoms with Crippen molar-refractivity contribution in [2.45, 2.75) is 13.3 Å². The number of halogens is 1. The first-order valence-electron chi connectivity index (χ1n) is 8.63. The lowest BCUT2D eigenvalue weighted by atomic mass is 10.1. The number of aromatic nitrogens is 4. The third-order valence-electron chi connectivity index (χ3n) is 4.44. The number of benzene rings is 2. The van der Waals surface area contributed by atoms with E-state index in [1.165, 1.54) is 0 Å². The molecule has 2 aromatic heterocycles. The predicted octanol–water partition coefficient (Wildman–Crippen LogP) is 3.93. The molecule has 6 nitrogen and oxygen atoms in total. The molecule has 0 aliphatic rings. The summed E-state index contributed by atoms with van der Waals surface area (Å²) >= 11 is 6.08. The minimum Gasteiger partial charge on any atom is -0.361 e. The maximum absolute atomic E-state index is 12.3. The zero-order chi connectivity index (χ0) is 18.8. The van der Waals surface area contributed by atoms with Gasteiger partial charge >= 0.3 is 0 Å². The first-order valence-corrected chi connectivity index (χ1v) is 9.01. The van der Waals surface area contributed by atoms with Crippen molar-refractivity contribution in [3.63, 3.8) is 0 Å². The van der Waals surface area contributed by atoms with Crippen molar-refractivity contribution in [2.24, 2.45) is 0 Å². The minimum absolute atomic E-state index is 0.268. The Labute approximate surface area is 160 Å². The van der Waals surface area contributed by atoms with Crippen LogP contribution >= 0.6 is 11.6 Å². The van der Waals surface area contributed by atoms with Gasteiger partial charge in [-0.15, -0.1) is 10.2 Å². The number of H-pyrrole nitrogens is 2. The second-order valence-electron chi connectivity index (χ2n) is 6.40. The molecule has 7 heteroatoms. The fourth-order valence-corrected chi connectivity index (χ4v) is 3.16. The quantitative estimate of drug-likeness (QED) is 0.490. The van der Waals surface area contributed by atoms with Crippen LogP contribution in [0.25, 0.3) is 22.2 Å². The molecular formula is C20H18ClN5O. The Hall–Kier alpha value is -3.12. The smallest absolute Gasteiger partial charge is 0.279 e. The first-order chi connectivity index (χ1) is 13.1. The van der Waals surface area contributed by atoms with Crippen LogP contribution < -0.4 is 10.9 Å². The summed E-state index contributed by atoms with van der Waals surface area (Å²) < 4.78 is 0. The zero-order valence-corrected chi connectivity index (χ0v) is 15.5. The van der Waals surface area contributed by atoms with Crippen molar-refractivity contribution in [1.82, 2.24) is 20.2 Å². The summed E-state index contributed by atoms with van der Waals surface area (Å²) in [4.78, 5) is 18.3. The lowest BCUT2D eigenvalue weighted by Gasteiger charge is -2.05. The SMILES string of the molecule is Cc1ccc(-c2nnc(NCCc3c[nH]c4ccc(Cl)cc34)[nH]c2=O)cc1. The van der Waals surface area contributed by atoms with Crippen LogP contribution in [0.1, 0.15) is 11.1 Å². The summed E-state index contributed by atoms with van der Waals surface area (Å²) in [7, 11) is 0. The molecule has 0 aliphatic heterocycles. The molecule has 0 saturated carbocycles.